The van der Waals surface area contributed by atoms with Crippen LogP contribution >= 0.6 is 0 Å². The molecule has 0 saturated heterocycles. The van der Waals surface area contributed by atoms with E-state index in [-0.39, 0.29) is 29.2 Å². The molecule has 0 aliphatic rings. The zero-order chi connectivity index (χ0) is 20.5. The Morgan fingerprint density at radius 2 is 1.52 bits per heavy atom. The quantitative estimate of drug-likeness (QED) is 0.235. The molecular weight excluding hydrogens is 372 g/mol. The summed E-state index contributed by atoms with van der Waals surface area (Å²) >= 11 is 0. The van der Waals surface area contributed by atoms with Gasteiger partial charge in [0.25, 0.3) is 0 Å². The van der Waals surface area contributed by atoms with Crippen LogP contribution in [0.4, 0.5) is 0 Å². The normalized spacial score (nSPS) is 10.1. The van der Waals surface area contributed by atoms with Crippen molar-refractivity contribution in [2.24, 2.45) is 0 Å². The number of benzene rings is 3. The van der Waals surface area contributed by atoms with Gasteiger partial charge in [0.15, 0.2) is 17.8 Å². The molecule has 0 heterocycles. The number of ether oxygens (including phenoxy) is 4. The van der Waals surface area contributed by atoms with E-state index in [1.54, 1.807) is 42.5 Å². The molecular formula is C23H20O6. The van der Waals surface area contributed by atoms with Crippen molar-refractivity contribution in [3.8, 4) is 23.0 Å². The summed E-state index contributed by atoms with van der Waals surface area (Å²) in [7, 11) is 1.44. The number of carbonyl (C=O) groups is 2. The molecule has 0 aliphatic carbocycles. The van der Waals surface area contributed by atoms with E-state index in [1.165, 1.54) is 7.11 Å². The molecule has 0 atom stereocenters. The van der Waals surface area contributed by atoms with Gasteiger partial charge in [-0.3, -0.25) is 4.79 Å². The molecule has 0 unspecified atom stereocenters. The third kappa shape index (κ3) is 5.13. The highest BCUT2D eigenvalue weighted by molar-refractivity contribution is 5.95. The maximum atomic E-state index is 12.7. The summed E-state index contributed by atoms with van der Waals surface area (Å²) in [5.74, 6) is 0.796. The molecule has 0 aromatic heterocycles. The predicted octanol–water partition coefficient (Wildman–Crippen LogP) is 4.18. The van der Waals surface area contributed by atoms with Gasteiger partial charge in [0.1, 0.15) is 30.3 Å². The average Bonchev–Trinajstić information content (AvgIpc) is 2.77. The Kier molecular flexibility index (Phi) is 6.84. The second-order valence-electron chi connectivity index (χ2n) is 5.89. The van der Waals surface area contributed by atoms with E-state index in [9.17, 15) is 9.59 Å². The summed E-state index contributed by atoms with van der Waals surface area (Å²) in [5.41, 5.74) is 0.447. The van der Waals surface area contributed by atoms with Crippen molar-refractivity contribution in [2.75, 3.05) is 20.3 Å². The highest BCUT2D eigenvalue weighted by atomic mass is 16.6. The summed E-state index contributed by atoms with van der Waals surface area (Å²) in [6, 6.07) is 20.9. The average molecular weight is 392 g/mol. The van der Waals surface area contributed by atoms with E-state index in [0.717, 1.165) is 5.75 Å². The van der Waals surface area contributed by atoms with Crippen molar-refractivity contribution in [3.63, 3.8) is 0 Å². The number of para-hydroxylation sites is 3. The number of methoxy groups -OCH3 is 1. The Balaban J connectivity index is 1.68. The van der Waals surface area contributed by atoms with Crippen LogP contribution in [0.2, 0.25) is 0 Å². The molecule has 3 rings (SSSR count). The maximum absolute atomic E-state index is 12.7. The molecule has 3 aromatic rings. The number of esters is 1. The molecule has 0 bridgehead atoms. The first-order valence-electron chi connectivity index (χ1n) is 8.97. The molecule has 3 aromatic carbocycles. The Labute approximate surface area is 168 Å². The lowest BCUT2D eigenvalue weighted by Crippen LogP contribution is -2.15. The summed E-state index contributed by atoms with van der Waals surface area (Å²) in [6.07, 6.45) is 0.606. The molecule has 6 heteroatoms. The van der Waals surface area contributed by atoms with Crippen LogP contribution in [0.25, 0.3) is 0 Å². The molecule has 29 heavy (non-hydrogen) atoms. The number of hydrogen-bond acceptors (Lipinski definition) is 6. The summed E-state index contributed by atoms with van der Waals surface area (Å²) in [4.78, 5) is 24.0. The summed E-state index contributed by atoms with van der Waals surface area (Å²) in [6.45, 7) is 0.558. The van der Waals surface area contributed by atoms with Gasteiger partial charge >= 0.3 is 5.97 Å². The lowest BCUT2D eigenvalue weighted by Gasteiger charge is -2.14. The number of carbonyl (C=O) groups excluding carboxylic acids is 2. The fourth-order valence-electron chi connectivity index (χ4n) is 2.63. The van der Waals surface area contributed by atoms with Crippen LogP contribution in [0.5, 0.6) is 23.0 Å². The third-order valence-corrected chi connectivity index (χ3v) is 4.01. The van der Waals surface area contributed by atoms with E-state index < -0.39 is 5.97 Å². The van der Waals surface area contributed by atoms with Crippen molar-refractivity contribution in [1.29, 1.82) is 0 Å². The predicted molar refractivity (Wildman–Crippen MR) is 107 cm³/mol. The minimum Gasteiger partial charge on any atom is -0.493 e. The topological polar surface area (TPSA) is 71.1 Å². The van der Waals surface area contributed by atoms with Crippen LogP contribution in [0.15, 0.2) is 72.8 Å². The van der Waals surface area contributed by atoms with E-state index >= 15 is 0 Å². The van der Waals surface area contributed by atoms with Gasteiger partial charge in [0.2, 0.25) is 0 Å². The van der Waals surface area contributed by atoms with E-state index in [4.69, 9.17) is 18.9 Å². The van der Waals surface area contributed by atoms with E-state index in [1.807, 2.05) is 30.3 Å². The highest BCUT2D eigenvalue weighted by Crippen LogP contribution is 2.31. The molecule has 0 amide bonds. The minimum absolute atomic E-state index is 0.0669. The van der Waals surface area contributed by atoms with Crippen molar-refractivity contribution >= 4 is 12.3 Å². The van der Waals surface area contributed by atoms with Crippen LogP contribution in [-0.2, 0) is 0 Å². The highest BCUT2D eigenvalue weighted by Gasteiger charge is 2.19. The van der Waals surface area contributed by atoms with Crippen molar-refractivity contribution < 1.29 is 28.5 Å². The van der Waals surface area contributed by atoms with Gasteiger partial charge in [-0.15, -0.1) is 0 Å². The largest absolute Gasteiger partial charge is 0.493 e. The van der Waals surface area contributed by atoms with Gasteiger partial charge in [0, 0.05) is 0 Å². The number of hydrogen-bond donors (Lipinski definition) is 0. The molecule has 0 N–H and O–H groups in total. The van der Waals surface area contributed by atoms with Crippen molar-refractivity contribution in [3.05, 3.63) is 83.9 Å². The van der Waals surface area contributed by atoms with Crippen LogP contribution in [0, 0.1) is 0 Å². The smallest absolute Gasteiger partial charge is 0.347 e. The Morgan fingerprint density at radius 3 is 2.28 bits per heavy atom. The minimum atomic E-state index is -0.655. The van der Waals surface area contributed by atoms with Gasteiger partial charge in [-0.05, 0) is 36.4 Å². The lowest BCUT2D eigenvalue weighted by atomic mass is 10.2. The third-order valence-electron chi connectivity index (χ3n) is 4.01. The first-order valence-corrected chi connectivity index (χ1v) is 8.97. The van der Waals surface area contributed by atoms with Crippen LogP contribution in [-0.4, -0.2) is 32.6 Å². The molecule has 148 valence electrons. The molecule has 0 spiro atoms. The lowest BCUT2D eigenvalue weighted by molar-refractivity contribution is 0.0723. The van der Waals surface area contributed by atoms with Gasteiger partial charge in [-0.25, -0.2) is 4.79 Å². The fourth-order valence-corrected chi connectivity index (χ4v) is 2.63. The first-order chi connectivity index (χ1) is 14.2. The summed E-state index contributed by atoms with van der Waals surface area (Å²) in [5, 5.41) is 0. The summed E-state index contributed by atoms with van der Waals surface area (Å²) < 4.78 is 21.9. The Hall–Kier alpha value is -3.80. The molecule has 0 fully saturated rings. The van der Waals surface area contributed by atoms with E-state index in [0.29, 0.717) is 18.6 Å². The van der Waals surface area contributed by atoms with Crippen molar-refractivity contribution in [1.82, 2.24) is 0 Å². The zero-order valence-corrected chi connectivity index (χ0v) is 15.9. The van der Waals surface area contributed by atoms with Gasteiger partial charge in [-0.1, -0.05) is 36.4 Å². The molecule has 0 radical (unpaired) electrons. The SMILES string of the molecule is COc1cccc(C=O)c1OC(=O)c1ccccc1OCCOc1ccccc1. The van der Waals surface area contributed by atoms with Crippen LogP contribution < -0.4 is 18.9 Å². The maximum Gasteiger partial charge on any atom is 0.347 e. The second kappa shape index (κ2) is 9.94. The number of aldehydes is 1. The van der Waals surface area contributed by atoms with Crippen LogP contribution in [0.1, 0.15) is 20.7 Å². The molecule has 0 aliphatic heterocycles. The fraction of sp³-hybridized carbons (Fsp3) is 0.130. The standard InChI is InChI=1S/C23H20O6/c1-26-21-13-7-8-17(16-24)22(21)29-23(25)19-11-5-6-12-20(19)28-15-14-27-18-9-3-2-4-10-18/h2-13,16H,14-15H2,1H3. The van der Waals surface area contributed by atoms with Crippen molar-refractivity contribution in [2.45, 2.75) is 0 Å². The van der Waals surface area contributed by atoms with Gasteiger partial charge < -0.3 is 18.9 Å². The number of rotatable bonds is 9. The monoisotopic (exact) mass is 392 g/mol. The molecule has 6 nitrogen and oxygen atoms in total. The van der Waals surface area contributed by atoms with Gasteiger partial charge in [-0.2, -0.15) is 0 Å². The van der Waals surface area contributed by atoms with E-state index in [2.05, 4.69) is 0 Å². The Bertz CT molecular complexity index is 968. The Morgan fingerprint density at radius 1 is 0.828 bits per heavy atom. The second-order valence-corrected chi connectivity index (χ2v) is 5.89. The zero-order valence-electron chi connectivity index (χ0n) is 15.9. The first kappa shape index (κ1) is 19.9. The van der Waals surface area contributed by atoms with Crippen LogP contribution in [0.3, 0.4) is 0 Å². The van der Waals surface area contributed by atoms with Gasteiger partial charge in [0.05, 0.1) is 12.7 Å². The molecule has 0 saturated carbocycles.